The van der Waals surface area contributed by atoms with Gasteiger partial charge in [0.15, 0.2) is 0 Å². The lowest BCUT2D eigenvalue weighted by atomic mass is 10.1. The van der Waals surface area contributed by atoms with Crippen molar-refractivity contribution in [2.75, 3.05) is 11.1 Å². The molecule has 134 valence electrons. The molecule has 1 aromatic heterocycles. The summed E-state index contributed by atoms with van der Waals surface area (Å²) in [4.78, 5) is 12.3. The van der Waals surface area contributed by atoms with Gasteiger partial charge >= 0.3 is 0 Å². The summed E-state index contributed by atoms with van der Waals surface area (Å²) < 4.78 is 3.41. The van der Waals surface area contributed by atoms with Gasteiger partial charge in [-0.15, -0.1) is 5.10 Å². The van der Waals surface area contributed by atoms with E-state index in [1.165, 1.54) is 11.8 Å². The van der Waals surface area contributed by atoms with Gasteiger partial charge in [-0.1, -0.05) is 39.8 Å². The van der Waals surface area contributed by atoms with Crippen LogP contribution >= 0.6 is 43.6 Å². The first kappa shape index (κ1) is 19.1. The minimum Gasteiger partial charge on any atom is -0.324 e. The van der Waals surface area contributed by atoms with Crippen LogP contribution in [0, 0.1) is 13.8 Å². The maximum Gasteiger partial charge on any atom is 0.234 e. The van der Waals surface area contributed by atoms with Crippen molar-refractivity contribution < 1.29 is 4.79 Å². The lowest BCUT2D eigenvalue weighted by Gasteiger charge is -2.09. The van der Waals surface area contributed by atoms with E-state index in [9.17, 15) is 4.79 Å². The van der Waals surface area contributed by atoms with Gasteiger partial charge in [-0.3, -0.25) is 4.79 Å². The molecule has 0 saturated heterocycles. The molecule has 0 saturated carbocycles. The molecule has 2 aromatic carbocycles. The molecule has 0 bridgehead atoms. The number of aryl methyl sites for hydroxylation is 2. The number of nitrogens with one attached hydrogen (secondary N) is 1. The van der Waals surface area contributed by atoms with E-state index in [-0.39, 0.29) is 11.7 Å². The summed E-state index contributed by atoms with van der Waals surface area (Å²) >= 11 is 8.11. The second kappa shape index (κ2) is 8.32. The highest BCUT2D eigenvalue weighted by atomic mass is 79.9. The fourth-order valence-electron chi connectivity index (χ4n) is 2.27. The Balaban J connectivity index is 1.70. The van der Waals surface area contributed by atoms with Crippen molar-refractivity contribution in [3.63, 3.8) is 0 Å². The molecule has 0 aliphatic rings. The number of halogens is 2. The topological polar surface area (TPSA) is 72.7 Å². The molecule has 26 heavy (non-hydrogen) atoms. The highest BCUT2D eigenvalue weighted by Crippen LogP contribution is 2.27. The lowest BCUT2D eigenvalue weighted by Crippen LogP contribution is -2.15. The Morgan fingerprint density at radius 3 is 2.77 bits per heavy atom. The quantitative estimate of drug-likeness (QED) is 0.525. The van der Waals surface area contributed by atoms with Crippen molar-refractivity contribution in [1.82, 2.24) is 20.2 Å². The third-order valence-electron chi connectivity index (χ3n) is 3.57. The number of nitrogens with zero attached hydrogens (tertiary/aromatic N) is 4. The van der Waals surface area contributed by atoms with E-state index in [1.807, 2.05) is 50.2 Å². The van der Waals surface area contributed by atoms with Gasteiger partial charge < -0.3 is 5.32 Å². The molecule has 1 heterocycles. The van der Waals surface area contributed by atoms with Crippen LogP contribution < -0.4 is 5.32 Å². The van der Waals surface area contributed by atoms with Crippen molar-refractivity contribution in [2.45, 2.75) is 19.0 Å². The number of benzene rings is 2. The second-order valence-corrected chi connectivity index (χ2v) is 8.34. The molecule has 0 fully saturated rings. The summed E-state index contributed by atoms with van der Waals surface area (Å²) in [5, 5.41) is 15.3. The van der Waals surface area contributed by atoms with E-state index >= 15 is 0 Å². The van der Waals surface area contributed by atoms with Crippen LogP contribution in [0.5, 0.6) is 0 Å². The van der Waals surface area contributed by atoms with Gasteiger partial charge in [0.2, 0.25) is 11.1 Å². The molecule has 0 spiro atoms. The van der Waals surface area contributed by atoms with Gasteiger partial charge in [0.25, 0.3) is 0 Å². The summed E-state index contributed by atoms with van der Waals surface area (Å²) in [6.07, 6.45) is 0. The van der Waals surface area contributed by atoms with Gasteiger partial charge in [0, 0.05) is 8.95 Å². The number of anilines is 1. The van der Waals surface area contributed by atoms with Crippen LogP contribution in [0.3, 0.4) is 0 Å². The standard InChI is InChI=1S/C17H15Br2N5OS/c1-10-3-4-11(2)15(7-10)24-17(21-22-23-24)26-9-16(25)20-14-6-5-12(18)8-13(14)19/h3-8H,9H2,1-2H3,(H,20,25). The number of rotatable bonds is 5. The van der Waals surface area contributed by atoms with Crippen molar-refractivity contribution in [3.8, 4) is 5.69 Å². The number of hydrogen-bond donors (Lipinski definition) is 1. The van der Waals surface area contributed by atoms with E-state index in [4.69, 9.17) is 0 Å². The minimum absolute atomic E-state index is 0.131. The van der Waals surface area contributed by atoms with Crippen LogP contribution in [0.4, 0.5) is 5.69 Å². The third kappa shape index (κ3) is 4.52. The Kier molecular flexibility index (Phi) is 6.10. The molecule has 6 nitrogen and oxygen atoms in total. The van der Waals surface area contributed by atoms with E-state index < -0.39 is 0 Å². The van der Waals surface area contributed by atoms with E-state index in [2.05, 4.69) is 52.7 Å². The lowest BCUT2D eigenvalue weighted by molar-refractivity contribution is -0.113. The average Bonchev–Trinajstić information content (AvgIpc) is 3.06. The molecule has 3 rings (SSSR count). The Bertz CT molecular complexity index is 960. The van der Waals surface area contributed by atoms with Crippen LogP contribution in [-0.4, -0.2) is 31.9 Å². The van der Waals surface area contributed by atoms with Gasteiger partial charge in [-0.2, -0.15) is 4.68 Å². The number of carbonyl (C=O) groups is 1. The molecular weight excluding hydrogens is 482 g/mol. The normalized spacial score (nSPS) is 10.8. The largest absolute Gasteiger partial charge is 0.324 e. The Morgan fingerprint density at radius 1 is 1.19 bits per heavy atom. The summed E-state index contributed by atoms with van der Waals surface area (Å²) in [5.41, 5.74) is 3.81. The number of tetrazole rings is 1. The molecule has 0 aliphatic carbocycles. The first-order valence-corrected chi connectivity index (χ1v) is 10.2. The Hall–Kier alpha value is -1.71. The number of carbonyl (C=O) groups excluding carboxylic acids is 1. The van der Waals surface area contributed by atoms with Crippen LogP contribution in [0.2, 0.25) is 0 Å². The van der Waals surface area contributed by atoms with Gasteiger partial charge in [-0.05, 0) is 75.6 Å². The maximum atomic E-state index is 12.3. The Labute approximate surface area is 172 Å². The van der Waals surface area contributed by atoms with Crippen LogP contribution in [0.25, 0.3) is 5.69 Å². The molecular formula is C17H15Br2N5OS. The summed E-state index contributed by atoms with van der Waals surface area (Å²) in [7, 11) is 0. The van der Waals surface area contributed by atoms with Crippen molar-refractivity contribution in [3.05, 3.63) is 56.5 Å². The predicted octanol–water partition coefficient (Wildman–Crippen LogP) is 4.53. The molecule has 0 atom stereocenters. The molecule has 0 radical (unpaired) electrons. The zero-order chi connectivity index (χ0) is 18.7. The van der Waals surface area contributed by atoms with Crippen LogP contribution in [0.1, 0.15) is 11.1 Å². The zero-order valence-electron chi connectivity index (χ0n) is 14.0. The highest BCUT2D eigenvalue weighted by molar-refractivity contribution is 9.11. The summed E-state index contributed by atoms with van der Waals surface area (Å²) in [6, 6.07) is 11.7. The third-order valence-corrected chi connectivity index (χ3v) is 5.64. The number of hydrogen-bond acceptors (Lipinski definition) is 5. The number of aromatic nitrogens is 4. The van der Waals surface area contributed by atoms with E-state index in [0.29, 0.717) is 10.8 Å². The van der Waals surface area contributed by atoms with E-state index in [0.717, 1.165) is 25.8 Å². The molecule has 9 heteroatoms. The highest BCUT2D eigenvalue weighted by Gasteiger charge is 2.14. The molecule has 0 unspecified atom stereocenters. The van der Waals surface area contributed by atoms with Crippen LogP contribution in [-0.2, 0) is 4.79 Å². The van der Waals surface area contributed by atoms with Gasteiger partial charge in [0.1, 0.15) is 0 Å². The SMILES string of the molecule is Cc1ccc(C)c(-n2nnnc2SCC(=O)Nc2ccc(Br)cc2Br)c1. The zero-order valence-corrected chi connectivity index (χ0v) is 18.0. The second-order valence-electron chi connectivity index (χ2n) is 5.62. The van der Waals surface area contributed by atoms with Crippen molar-refractivity contribution in [2.24, 2.45) is 0 Å². The van der Waals surface area contributed by atoms with Crippen molar-refractivity contribution >= 4 is 55.2 Å². The van der Waals surface area contributed by atoms with Crippen molar-refractivity contribution in [1.29, 1.82) is 0 Å². The van der Waals surface area contributed by atoms with Gasteiger partial charge in [0.05, 0.1) is 17.1 Å². The molecule has 0 aliphatic heterocycles. The van der Waals surface area contributed by atoms with Crippen LogP contribution in [0.15, 0.2) is 50.5 Å². The number of thioether (sulfide) groups is 1. The summed E-state index contributed by atoms with van der Waals surface area (Å²) in [6.45, 7) is 4.02. The maximum absolute atomic E-state index is 12.3. The number of amides is 1. The average molecular weight is 497 g/mol. The minimum atomic E-state index is -0.131. The van der Waals surface area contributed by atoms with E-state index in [1.54, 1.807) is 4.68 Å². The predicted molar refractivity (Wildman–Crippen MR) is 110 cm³/mol. The fourth-order valence-corrected chi connectivity index (χ4v) is 4.10. The molecule has 1 N–H and O–H groups in total. The molecule has 3 aromatic rings. The monoisotopic (exact) mass is 495 g/mol. The summed E-state index contributed by atoms with van der Waals surface area (Å²) in [5.74, 6) is 0.0711. The van der Waals surface area contributed by atoms with Gasteiger partial charge in [-0.25, -0.2) is 0 Å². The first-order valence-electron chi connectivity index (χ1n) is 7.68. The smallest absolute Gasteiger partial charge is 0.234 e. The fraction of sp³-hybridized carbons (Fsp3) is 0.176. The molecule has 1 amide bonds. The Morgan fingerprint density at radius 2 is 2.00 bits per heavy atom. The first-order chi connectivity index (χ1) is 12.4.